The molecule has 1 fully saturated rings. The molecule has 3 N–H and O–H groups in total. The molecule has 1 atom stereocenters. The second kappa shape index (κ2) is 7.47. The predicted molar refractivity (Wildman–Crippen MR) is 107 cm³/mol. The van der Waals surface area contributed by atoms with E-state index in [0.29, 0.717) is 18.5 Å². The van der Waals surface area contributed by atoms with Gasteiger partial charge in [0.25, 0.3) is 5.91 Å². The zero-order valence-electron chi connectivity index (χ0n) is 15.1. The van der Waals surface area contributed by atoms with Gasteiger partial charge in [0.15, 0.2) is 0 Å². The van der Waals surface area contributed by atoms with E-state index in [4.69, 9.17) is 0 Å². The Morgan fingerprint density at radius 1 is 1.19 bits per heavy atom. The van der Waals surface area contributed by atoms with Crippen molar-refractivity contribution in [3.8, 4) is 11.3 Å². The Morgan fingerprint density at radius 3 is 2.93 bits per heavy atom. The van der Waals surface area contributed by atoms with Crippen molar-refractivity contribution in [2.24, 2.45) is 0 Å². The van der Waals surface area contributed by atoms with E-state index in [9.17, 15) is 9.90 Å². The summed E-state index contributed by atoms with van der Waals surface area (Å²) in [5.74, 6) is -0.184. The fourth-order valence-corrected chi connectivity index (χ4v) is 3.61. The van der Waals surface area contributed by atoms with Crippen LogP contribution in [0, 0.1) is 0 Å². The lowest BCUT2D eigenvalue weighted by Gasteiger charge is -2.32. The van der Waals surface area contributed by atoms with Crippen molar-refractivity contribution in [2.75, 3.05) is 19.6 Å². The average molecular weight is 361 g/mol. The molecule has 1 aliphatic heterocycles. The van der Waals surface area contributed by atoms with Crippen LogP contribution < -0.4 is 10.6 Å². The van der Waals surface area contributed by atoms with Gasteiger partial charge in [-0.3, -0.25) is 9.78 Å². The van der Waals surface area contributed by atoms with E-state index >= 15 is 0 Å². The smallest absolute Gasteiger partial charge is 0.251 e. The number of carbonyl (C=O) groups is 1. The van der Waals surface area contributed by atoms with Gasteiger partial charge in [0, 0.05) is 35.8 Å². The minimum atomic E-state index is -0.872. The Balaban J connectivity index is 1.56. The molecule has 1 saturated heterocycles. The number of amides is 1. The van der Waals surface area contributed by atoms with Gasteiger partial charge in [-0.05, 0) is 43.0 Å². The Kier molecular flexibility index (Phi) is 4.88. The van der Waals surface area contributed by atoms with E-state index in [-0.39, 0.29) is 12.5 Å². The molecule has 1 amide bonds. The lowest BCUT2D eigenvalue weighted by atomic mass is 9.94. The number of nitrogens with zero attached hydrogens (tertiary/aromatic N) is 1. The van der Waals surface area contributed by atoms with Crippen LogP contribution >= 0.6 is 0 Å². The van der Waals surface area contributed by atoms with E-state index in [1.165, 1.54) is 0 Å². The quantitative estimate of drug-likeness (QED) is 0.668. The molecule has 5 heteroatoms. The number of rotatable bonds is 4. The molecule has 27 heavy (non-hydrogen) atoms. The Hall–Kier alpha value is -2.76. The fourth-order valence-electron chi connectivity index (χ4n) is 3.61. The molecule has 1 aromatic heterocycles. The summed E-state index contributed by atoms with van der Waals surface area (Å²) in [5, 5.41) is 18.8. The summed E-state index contributed by atoms with van der Waals surface area (Å²) in [6.07, 6.45) is 3.39. The zero-order chi connectivity index (χ0) is 18.7. The van der Waals surface area contributed by atoms with Crippen LogP contribution in [0.2, 0.25) is 0 Å². The fraction of sp³-hybridized carbons (Fsp3) is 0.273. The molecule has 0 bridgehead atoms. The van der Waals surface area contributed by atoms with E-state index in [0.717, 1.165) is 35.0 Å². The first kappa shape index (κ1) is 17.6. The van der Waals surface area contributed by atoms with Gasteiger partial charge >= 0.3 is 0 Å². The highest BCUT2D eigenvalue weighted by Crippen LogP contribution is 2.27. The lowest BCUT2D eigenvalue weighted by molar-refractivity contribution is 0.0170. The predicted octanol–water partition coefficient (Wildman–Crippen LogP) is 2.75. The molecule has 5 nitrogen and oxygen atoms in total. The van der Waals surface area contributed by atoms with Crippen LogP contribution in [-0.4, -0.2) is 41.2 Å². The van der Waals surface area contributed by atoms with Crippen molar-refractivity contribution in [2.45, 2.75) is 18.4 Å². The van der Waals surface area contributed by atoms with Crippen LogP contribution in [0.4, 0.5) is 0 Å². The first-order chi connectivity index (χ1) is 13.1. The van der Waals surface area contributed by atoms with E-state index < -0.39 is 5.60 Å². The van der Waals surface area contributed by atoms with Crippen molar-refractivity contribution in [3.63, 3.8) is 0 Å². The van der Waals surface area contributed by atoms with Crippen molar-refractivity contribution < 1.29 is 9.90 Å². The molecular weight excluding hydrogens is 338 g/mol. The third-order valence-corrected chi connectivity index (χ3v) is 5.10. The molecule has 3 aromatic rings. The van der Waals surface area contributed by atoms with Gasteiger partial charge in [-0.15, -0.1) is 0 Å². The van der Waals surface area contributed by atoms with Crippen molar-refractivity contribution in [1.29, 1.82) is 0 Å². The Morgan fingerprint density at radius 2 is 2.07 bits per heavy atom. The number of benzene rings is 2. The molecule has 2 aromatic carbocycles. The van der Waals surface area contributed by atoms with Crippen LogP contribution in [0.15, 0.2) is 60.8 Å². The van der Waals surface area contributed by atoms with Gasteiger partial charge in [-0.2, -0.15) is 0 Å². The van der Waals surface area contributed by atoms with Crippen LogP contribution in [0.25, 0.3) is 22.0 Å². The summed E-state index contributed by atoms with van der Waals surface area (Å²) in [6.45, 7) is 1.67. The average Bonchev–Trinajstić information content (AvgIpc) is 2.72. The van der Waals surface area contributed by atoms with Gasteiger partial charge in [0.2, 0.25) is 0 Å². The molecule has 2 heterocycles. The van der Waals surface area contributed by atoms with Crippen LogP contribution in [0.1, 0.15) is 23.2 Å². The third-order valence-electron chi connectivity index (χ3n) is 5.10. The summed E-state index contributed by atoms with van der Waals surface area (Å²) in [7, 11) is 0. The SMILES string of the molecule is O=C(NCC1(O)CCCNC1)c1cccc(-c2nccc3ccccc23)c1. The number of fused-ring (bicyclic) bond motifs is 1. The van der Waals surface area contributed by atoms with Crippen molar-refractivity contribution >= 4 is 16.7 Å². The van der Waals surface area contributed by atoms with Crippen LogP contribution in [0.5, 0.6) is 0 Å². The van der Waals surface area contributed by atoms with Gasteiger partial charge < -0.3 is 15.7 Å². The van der Waals surface area contributed by atoms with E-state index in [1.807, 2.05) is 42.5 Å². The number of pyridine rings is 1. The van der Waals surface area contributed by atoms with Gasteiger partial charge in [-0.25, -0.2) is 0 Å². The van der Waals surface area contributed by atoms with E-state index in [2.05, 4.69) is 21.7 Å². The number of β-amino-alcohol motifs (C(OH)–C–C–N with tert-alkyl or cyclic N) is 1. The first-order valence-corrected chi connectivity index (χ1v) is 9.30. The number of carbonyl (C=O) groups excluding carboxylic acids is 1. The highest BCUT2D eigenvalue weighted by atomic mass is 16.3. The van der Waals surface area contributed by atoms with Crippen molar-refractivity contribution in [3.05, 3.63) is 66.4 Å². The number of aromatic nitrogens is 1. The minimum absolute atomic E-state index is 0.184. The monoisotopic (exact) mass is 361 g/mol. The third kappa shape index (κ3) is 3.84. The second-order valence-corrected chi connectivity index (χ2v) is 7.15. The maximum absolute atomic E-state index is 12.6. The standard InChI is InChI=1S/C22H23N3O2/c26-21(25-15-22(27)10-4-11-23-14-22)18-7-3-6-17(13-18)20-19-8-2-1-5-16(19)9-12-24-20/h1-3,5-9,12-13,23,27H,4,10-11,14-15H2,(H,25,26). The topological polar surface area (TPSA) is 74.2 Å². The highest BCUT2D eigenvalue weighted by Gasteiger charge is 2.29. The van der Waals surface area contributed by atoms with E-state index in [1.54, 1.807) is 12.3 Å². The number of nitrogens with one attached hydrogen (secondary N) is 2. The summed E-state index contributed by atoms with van der Waals surface area (Å²) >= 11 is 0. The molecule has 4 rings (SSSR count). The maximum atomic E-state index is 12.6. The van der Waals surface area contributed by atoms with Gasteiger partial charge in [0.1, 0.15) is 0 Å². The number of hydrogen-bond donors (Lipinski definition) is 3. The maximum Gasteiger partial charge on any atom is 0.251 e. The Bertz CT molecular complexity index is 959. The molecule has 0 aliphatic carbocycles. The summed E-state index contributed by atoms with van der Waals surface area (Å²) in [5.41, 5.74) is 1.45. The summed E-state index contributed by atoms with van der Waals surface area (Å²) < 4.78 is 0. The van der Waals surface area contributed by atoms with Crippen LogP contribution in [-0.2, 0) is 0 Å². The van der Waals surface area contributed by atoms with Crippen LogP contribution in [0.3, 0.4) is 0 Å². The zero-order valence-corrected chi connectivity index (χ0v) is 15.1. The molecule has 1 unspecified atom stereocenters. The molecule has 1 aliphatic rings. The normalized spacial score (nSPS) is 19.7. The summed E-state index contributed by atoms with van der Waals surface area (Å²) in [4.78, 5) is 17.1. The summed E-state index contributed by atoms with van der Waals surface area (Å²) in [6, 6.07) is 17.5. The molecule has 0 saturated carbocycles. The minimum Gasteiger partial charge on any atom is -0.387 e. The molecular formula is C22H23N3O2. The highest BCUT2D eigenvalue weighted by molar-refractivity contribution is 5.98. The number of hydrogen-bond acceptors (Lipinski definition) is 4. The molecule has 0 spiro atoms. The number of piperidine rings is 1. The lowest BCUT2D eigenvalue weighted by Crippen LogP contribution is -2.52. The Labute approximate surface area is 158 Å². The van der Waals surface area contributed by atoms with Gasteiger partial charge in [-0.1, -0.05) is 36.4 Å². The molecule has 138 valence electrons. The number of aliphatic hydroxyl groups is 1. The second-order valence-electron chi connectivity index (χ2n) is 7.15. The molecule has 0 radical (unpaired) electrons. The largest absolute Gasteiger partial charge is 0.387 e. The van der Waals surface area contributed by atoms with Crippen molar-refractivity contribution in [1.82, 2.24) is 15.6 Å². The van der Waals surface area contributed by atoms with Gasteiger partial charge in [0.05, 0.1) is 11.3 Å². The first-order valence-electron chi connectivity index (χ1n) is 9.30.